The molecule has 2 atom stereocenters. The van der Waals surface area contributed by atoms with Gasteiger partial charge in [-0.2, -0.15) is 4.52 Å². The third-order valence-corrected chi connectivity index (χ3v) is 4.66. The van der Waals surface area contributed by atoms with Crippen LogP contribution < -0.4 is 5.32 Å². The van der Waals surface area contributed by atoms with E-state index in [-0.39, 0.29) is 17.9 Å². The van der Waals surface area contributed by atoms with Crippen molar-refractivity contribution in [3.05, 3.63) is 54.0 Å². The van der Waals surface area contributed by atoms with Crippen LogP contribution in [0.2, 0.25) is 0 Å². The van der Waals surface area contributed by atoms with Crippen LogP contribution in [0.25, 0.3) is 16.7 Å². The van der Waals surface area contributed by atoms with Crippen molar-refractivity contribution >= 4 is 22.6 Å². The molecule has 8 nitrogen and oxygen atoms in total. The molecule has 26 heavy (non-hydrogen) atoms. The second kappa shape index (κ2) is 6.55. The molecule has 4 rings (SSSR count). The number of para-hydroxylation sites is 2. The molecule has 0 aliphatic carbocycles. The topological polar surface area (TPSA) is 101 Å². The Bertz CT molecular complexity index is 1030. The lowest BCUT2D eigenvalue weighted by Gasteiger charge is -2.22. The van der Waals surface area contributed by atoms with E-state index in [1.165, 1.54) is 4.52 Å². The Morgan fingerprint density at radius 3 is 2.92 bits per heavy atom. The number of hydrogen-bond acceptors (Lipinski definition) is 5. The summed E-state index contributed by atoms with van der Waals surface area (Å²) in [7, 11) is 0. The van der Waals surface area contributed by atoms with E-state index in [0.717, 1.165) is 23.3 Å². The molecule has 4 aromatic rings. The minimum Gasteiger partial charge on any atom is -0.342 e. The molecule has 0 spiro atoms. The third-order valence-electron chi connectivity index (χ3n) is 4.66. The number of carbonyl (C=O) groups is 1. The Balaban J connectivity index is 1.64. The normalized spacial score (nSPS) is 13.8. The minimum atomic E-state index is -0.218. The summed E-state index contributed by atoms with van der Waals surface area (Å²) in [6.07, 6.45) is 2.53. The van der Waals surface area contributed by atoms with Gasteiger partial charge in [0.2, 0.25) is 0 Å². The maximum absolute atomic E-state index is 12.8. The Morgan fingerprint density at radius 1 is 1.27 bits per heavy atom. The minimum absolute atomic E-state index is 0.187. The molecule has 3 aromatic heterocycles. The van der Waals surface area contributed by atoms with Gasteiger partial charge in [0.15, 0.2) is 5.65 Å². The summed E-state index contributed by atoms with van der Waals surface area (Å²) >= 11 is 0. The lowest BCUT2D eigenvalue weighted by atomic mass is 9.98. The van der Waals surface area contributed by atoms with Crippen LogP contribution in [0.15, 0.2) is 42.6 Å². The number of pyridine rings is 1. The molecule has 0 bridgehead atoms. The first-order chi connectivity index (χ1) is 12.7. The lowest BCUT2D eigenvalue weighted by molar-refractivity contribution is 0.0920. The molecule has 0 unspecified atom stereocenters. The second-order valence-electron chi connectivity index (χ2n) is 6.38. The molecular formula is C18H19N7O. The first-order valence-corrected chi connectivity index (χ1v) is 8.59. The zero-order valence-corrected chi connectivity index (χ0v) is 14.5. The van der Waals surface area contributed by atoms with Crippen LogP contribution in [-0.2, 0) is 0 Å². The first kappa shape index (κ1) is 16.2. The van der Waals surface area contributed by atoms with Crippen molar-refractivity contribution in [3.8, 4) is 0 Å². The number of imidazole rings is 1. The van der Waals surface area contributed by atoms with Crippen molar-refractivity contribution in [1.82, 2.24) is 35.3 Å². The highest BCUT2D eigenvalue weighted by Crippen LogP contribution is 2.25. The molecule has 0 radical (unpaired) electrons. The van der Waals surface area contributed by atoms with E-state index in [0.29, 0.717) is 11.2 Å². The average molecular weight is 349 g/mol. The summed E-state index contributed by atoms with van der Waals surface area (Å²) in [6, 6.07) is 11.1. The molecule has 8 heteroatoms. The maximum Gasteiger partial charge on any atom is 0.253 e. The molecule has 0 saturated carbocycles. The summed E-state index contributed by atoms with van der Waals surface area (Å²) in [5.74, 6) is 0.793. The smallest absolute Gasteiger partial charge is 0.253 e. The number of aromatic amines is 1. The predicted molar refractivity (Wildman–Crippen MR) is 96.5 cm³/mol. The summed E-state index contributed by atoms with van der Waals surface area (Å²) < 4.78 is 1.48. The van der Waals surface area contributed by atoms with Crippen LogP contribution in [-0.4, -0.2) is 35.9 Å². The molecule has 132 valence electrons. The number of fused-ring (bicyclic) bond motifs is 2. The van der Waals surface area contributed by atoms with Crippen LogP contribution >= 0.6 is 0 Å². The van der Waals surface area contributed by atoms with E-state index in [1.54, 1.807) is 18.3 Å². The van der Waals surface area contributed by atoms with Crippen LogP contribution in [0.5, 0.6) is 0 Å². The summed E-state index contributed by atoms with van der Waals surface area (Å²) in [4.78, 5) is 20.8. The van der Waals surface area contributed by atoms with E-state index < -0.39 is 0 Å². The Morgan fingerprint density at radius 2 is 2.12 bits per heavy atom. The van der Waals surface area contributed by atoms with Crippen LogP contribution in [0.3, 0.4) is 0 Å². The fourth-order valence-corrected chi connectivity index (χ4v) is 2.94. The van der Waals surface area contributed by atoms with E-state index in [9.17, 15) is 4.79 Å². The number of carbonyl (C=O) groups excluding carboxylic acids is 1. The highest BCUT2D eigenvalue weighted by molar-refractivity contribution is 5.94. The quantitative estimate of drug-likeness (QED) is 0.576. The lowest BCUT2D eigenvalue weighted by Crippen LogP contribution is -2.33. The molecule has 0 fully saturated rings. The fourth-order valence-electron chi connectivity index (χ4n) is 2.94. The van der Waals surface area contributed by atoms with Crippen molar-refractivity contribution in [1.29, 1.82) is 0 Å². The average Bonchev–Trinajstić information content (AvgIpc) is 3.30. The molecule has 0 saturated heterocycles. The Kier molecular flexibility index (Phi) is 4.08. The Labute approximate surface area is 149 Å². The fraction of sp³-hybridized carbons (Fsp3) is 0.278. The van der Waals surface area contributed by atoms with Gasteiger partial charge in [-0.15, -0.1) is 5.10 Å². The van der Waals surface area contributed by atoms with Gasteiger partial charge < -0.3 is 10.3 Å². The van der Waals surface area contributed by atoms with E-state index >= 15 is 0 Å². The number of amides is 1. The molecule has 3 heterocycles. The Hall–Kier alpha value is -3.29. The standard InChI is InChI=1S/C18H19N7O/c1-3-11(2)16(17-19-13-6-4-5-7-14(13)20-17)21-18(26)12-8-9-15-22-23-24-25(15)10-12/h4-11,16H,3H2,1-2H3,(H,19,20)(H,21,26)/t11-,16-/m0/s1. The second-order valence-corrected chi connectivity index (χ2v) is 6.38. The predicted octanol–water partition coefficient (Wildman–Crippen LogP) is 2.52. The van der Waals surface area contributed by atoms with Gasteiger partial charge in [0.05, 0.1) is 22.6 Å². The van der Waals surface area contributed by atoms with E-state index in [4.69, 9.17) is 0 Å². The van der Waals surface area contributed by atoms with Crippen LogP contribution in [0, 0.1) is 5.92 Å². The van der Waals surface area contributed by atoms with E-state index in [2.05, 4.69) is 44.7 Å². The highest BCUT2D eigenvalue weighted by atomic mass is 16.1. The number of H-pyrrole nitrogens is 1. The summed E-state index contributed by atoms with van der Waals surface area (Å²) in [5, 5.41) is 14.4. The van der Waals surface area contributed by atoms with Gasteiger partial charge in [0.1, 0.15) is 5.82 Å². The number of nitrogens with one attached hydrogen (secondary N) is 2. The number of rotatable bonds is 5. The molecule has 0 aliphatic rings. The zero-order chi connectivity index (χ0) is 18.1. The highest BCUT2D eigenvalue weighted by Gasteiger charge is 2.24. The van der Waals surface area contributed by atoms with Crippen LogP contribution in [0.1, 0.15) is 42.5 Å². The van der Waals surface area contributed by atoms with Crippen molar-refractivity contribution in [2.45, 2.75) is 26.3 Å². The largest absolute Gasteiger partial charge is 0.342 e. The van der Waals surface area contributed by atoms with Crippen molar-refractivity contribution in [2.24, 2.45) is 5.92 Å². The number of tetrazole rings is 1. The number of nitrogens with zero attached hydrogens (tertiary/aromatic N) is 5. The van der Waals surface area contributed by atoms with Crippen LogP contribution in [0.4, 0.5) is 0 Å². The third kappa shape index (κ3) is 2.90. The van der Waals surface area contributed by atoms with Crippen molar-refractivity contribution < 1.29 is 4.79 Å². The molecule has 1 amide bonds. The van der Waals surface area contributed by atoms with E-state index in [1.807, 2.05) is 24.3 Å². The van der Waals surface area contributed by atoms with Gasteiger partial charge in [0.25, 0.3) is 5.91 Å². The number of benzene rings is 1. The number of aromatic nitrogens is 6. The molecule has 0 aliphatic heterocycles. The van der Waals surface area contributed by atoms with Crippen molar-refractivity contribution in [3.63, 3.8) is 0 Å². The maximum atomic E-state index is 12.8. The molecule has 2 N–H and O–H groups in total. The summed E-state index contributed by atoms with van der Waals surface area (Å²) in [6.45, 7) is 4.20. The molecule has 1 aromatic carbocycles. The van der Waals surface area contributed by atoms with Gasteiger partial charge in [-0.3, -0.25) is 4.79 Å². The van der Waals surface area contributed by atoms with Gasteiger partial charge in [0, 0.05) is 6.20 Å². The summed E-state index contributed by atoms with van der Waals surface area (Å²) in [5.41, 5.74) is 2.94. The SMILES string of the molecule is CC[C@H](C)[C@H](NC(=O)c1ccc2nnnn2c1)c1nc2ccccc2[nH]1. The number of hydrogen-bond donors (Lipinski definition) is 2. The zero-order valence-electron chi connectivity index (χ0n) is 14.5. The van der Waals surface area contributed by atoms with Crippen molar-refractivity contribution in [2.75, 3.05) is 0 Å². The molecular weight excluding hydrogens is 330 g/mol. The van der Waals surface area contributed by atoms with Gasteiger partial charge in [-0.25, -0.2) is 4.98 Å². The van der Waals surface area contributed by atoms with Gasteiger partial charge in [-0.1, -0.05) is 32.4 Å². The van der Waals surface area contributed by atoms with Gasteiger partial charge >= 0.3 is 0 Å². The van der Waals surface area contributed by atoms with Gasteiger partial charge in [-0.05, 0) is 40.6 Å². The first-order valence-electron chi connectivity index (χ1n) is 8.59. The monoisotopic (exact) mass is 349 g/mol.